The van der Waals surface area contributed by atoms with Crippen LogP contribution in [0.15, 0.2) is 35.7 Å². The first-order valence-electron chi connectivity index (χ1n) is 9.93. The lowest BCUT2D eigenvalue weighted by atomic mass is 9.78. The van der Waals surface area contributed by atoms with Gasteiger partial charge in [0.05, 0.1) is 5.92 Å². The maximum atomic E-state index is 13.5. The van der Waals surface area contributed by atoms with Crippen LogP contribution >= 0.6 is 9.24 Å². The summed E-state index contributed by atoms with van der Waals surface area (Å²) in [6.07, 6.45) is -1.13. The van der Waals surface area contributed by atoms with Gasteiger partial charge in [-0.3, -0.25) is 4.90 Å². The first kappa shape index (κ1) is 24.3. The molecule has 1 nitrogen and oxygen atoms in total. The van der Waals surface area contributed by atoms with Crippen molar-refractivity contribution in [3.05, 3.63) is 46.8 Å². The number of rotatable bonds is 6. The molecule has 0 spiro atoms. The minimum absolute atomic E-state index is 0.0102. The third-order valence-electron chi connectivity index (χ3n) is 5.81. The fourth-order valence-corrected chi connectivity index (χ4v) is 4.23. The lowest BCUT2D eigenvalue weighted by Gasteiger charge is -2.40. The molecule has 0 aliphatic carbocycles. The summed E-state index contributed by atoms with van der Waals surface area (Å²) in [5.74, 6) is -4.11. The van der Waals surface area contributed by atoms with E-state index in [0.29, 0.717) is 19.5 Å². The average Bonchev–Trinajstić information content (AvgIpc) is 2.59. The lowest BCUT2D eigenvalue weighted by Crippen LogP contribution is -2.45. The second-order valence-electron chi connectivity index (χ2n) is 8.88. The second kappa shape index (κ2) is 9.01. The molecule has 1 aromatic carbocycles. The molecule has 2 unspecified atom stereocenters. The van der Waals surface area contributed by atoms with E-state index in [2.05, 4.69) is 20.2 Å². The highest BCUT2D eigenvalue weighted by Gasteiger charge is 2.42. The Morgan fingerprint density at radius 3 is 1.93 bits per heavy atom. The Hall–Kier alpha value is -1.00. The number of allylic oxidation sites excluding steroid dienone is 1. The first-order valence-corrected chi connectivity index (χ1v) is 10.5. The molecule has 1 fully saturated rings. The SMILES string of the molecule is C/C(P)=C/C(CC(C)(C)c1ccc(C(C)(F)F)cc1)N1CCC(C(F)(F)F)CC1. The molecule has 1 aliphatic rings. The topological polar surface area (TPSA) is 3.24 Å². The highest BCUT2D eigenvalue weighted by atomic mass is 31.0. The van der Waals surface area contributed by atoms with E-state index in [1.54, 1.807) is 12.1 Å². The third-order valence-corrected chi connectivity index (χ3v) is 6.00. The standard InChI is InChI=1S/C22H31F5NP/c1-15(29)13-19(28-11-9-18(10-12-28)22(25,26)27)14-20(2,3)16-5-7-17(8-6-16)21(4,23)24/h5-8,13,18-19H,9-12,14,29H2,1-4H3/b15-13-. The summed E-state index contributed by atoms with van der Waals surface area (Å²) in [4.78, 5) is 2.12. The van der Waals surface area contributed by atoms with Crippen LogP contribution in [0.25, 0.3) is 0 Å². The molecule has 2 rings (SSSR count). The van der Waals surface area contributed by atoms with Crippen molar-refractivity contribution in [3.8, 4) is 0 Å². The maximum absolute atomic E-state index is 13.5. The van der Waals surface area contributed by atoms with Crippen molar-refractivity contribution < 1.29 is 22.0 Å². The average molecular weight is 435 g/mol. The Balaban J connectivity index is 2.16. The van der Waals surface area contributed by atoms with Crippen LogP contribution in [-0.2, 0) is 11.3 Å². The van der Waals surface area contributed by atoms with Crippen molar-refractivity contribution >= 4 is 9.24 Å². The van der Waals surface area contributed by atoms with Gasteiger partial charge >= 0.3 is 6.18 Å². The monoisotopic (exact) mass is 435 g/mol. The van der Waals surface area contributed by atoms with Gasteiger partial charge in [-0.05, 0) is 50.3 Å². The minimum atomic E-state index is -4.13. The Labute approximate surface area is 172 Å². The molecule has 0 amide bonds. The van der Waals surface area contributed by atoms with Gasteiger partial charge in [-0.15, -0.1) is 9.24 Å². The summed E-state index contributed by atoms with van der Waals surface area (Å²) in [6.45, 7) is 7.73. The fraction of sp³-hybridized carbons (Fsp3) is 0.636. The zero-order chi connectivity index (χ0) is 22.0. The van der Waals surface area contributed by atoms with Crippen LogP contribution in [0.3, 0.4) is 0 Å². The number of halogens is 5. The van der Waals surface area contributed by atoms with Crippen molar-refractivity contribution in [1.82, 2.24) is 4.90 Å². The molecule has 2 atom stereocenters. The fourth-order valence-electron chi connectivity index (χ4n) is 4.01. The van der Waals surface area contributed by atoms with Gasteiger partial charge in [-0.1, -0.05) is 49.5 Å². The normalized spacial score (nSPS) is 19.4. The molecule has 0 radical (unpaired) electrons. The molecule has 0 aromatic heterocycles. The zero-order valence-corrected chi connectivity index (χ0v) is 18.6. The highest BCUT2D eigenvalue weighted by Crippen LogP contribution is 2.37. The quantitative estimate of drug-likeness (QED) is 0.347. The van der Waals surface area contributed by atoms with Crippen molar-refractivity contribution in [2.75, 3.05) is 13.1 Å². The number of hydrogen-bond donors (Lipinski definition) is 0. The molecule has 0 saturated carbocycles. The van der Waals surface area contributed by atoms with Crippen LogP contribution in [-0.4, -0.2) is 30.2 Å². The number of benzene rings is 1. The molecule has 1 aromatic rings. The molecule has 1 aliphatic heterocycles. The smallest absolute Gasteiger partial charge is 0.297 e. The minimum Gasteiger partial charge on any atom is -0.297 e. The van der Waals surface area contributed by atoms with Gasteiger partial charge in [0, 0.05) is 18.5 Å². The summed E-state index contributed by atoms with van der Waals surface area (Å²) < 4.78 is 66.0. The van der Waals surface area contributed by atoms with E-state index in [0.717, 1.165) is 17.8 Å². The van der Waals surface area contributed by atoms with E-state index in [9.17, 15) is 22.0 Å². The van der Waals surface area contributed by atoms with E-state index in [-0.39, 0.29) is 29.9 Å². The second-order valence-corrected chi connectivity index (χ2v) is 9.79. The molecule has 0 bridgehead atoms. The number of piperidine rings is 1. The maximum Gasteiger partial charge on any atom is 0.391 e. The van der Waals surface area contributed by atoms with Crippen molar-refractivity contribution in [2.24, 2.45) is 5.92 Å². The summed E-state index contributed by atoms with van der Waals surface area (Å²) in [7, 11) is 2.64. The summed E-state index contributed by atoms with van der Waals surface area (Å²) >= 11 is 0. The van der Waals surface area contributed by atoms with Gasteiger partial charge in [-0.2, -0.15) is 13.2 Å². The van der Waals surface area contributed by atoms with Crippen molar-refractivity contribution in [2.45, 2.75) is 70.5 Å². The van der Waals surface area contributed by atoms with E-state index >= 15 is 0 Å². The number of nitrogens with zero attached hydrogens (tertiary/aromatic N) is 1. The number of likely N-dealkylation sites (tertiary alicyclic amines) is 1. The van der Waals surface area contributed by atoms with Gasteiger partial charge < -0.3 is 0 Å². The van der Waals surface area contributed by atoms with Crippen LogP contribution < -0.4 is 0 Å². The third kappa shape index (κ3) is 6.75. The molecule has 7 heteroatoms. The Morgan fingerprint density at radius 1 is 1.03 bits per heavy atom. The summed E-state index contributed by atoms with van der Waals surface area (Å²) in [5.41, 5.74) is 0.600. The molecule has 0 N–H and O–H groups in total. The molecule has 29 heavy (non-hydrogen) atoms. The van der Waals surface area contributed by atoms with Crippen molar-refractivity contribution in [3.63, 3.8) is 0 Å². The van der Waals surface area contributed by atoms with Gasteiger partial charge in [0.25, 0.3) is 5.92 Å². The highest BCUT2D eigenvalue weighted by molar-refractivity contribution is 7.22. The first-order chi connectivity index (χ1) is 13.2. The van der Waals surface area contributed by atoms with Gasteiger partial charge in [0.1, 0.15) is 0 Å². The van der Waals surface area contributed by atoms with Crippen LogP contribution in [0, 0.1) is 5.92 Å². The summed E-state index contributed by atoms with van der Waals surface area (Å²) in [5, 5.41) is 1.03. The van der Waals surface area contributed by atoms with E-state index in [1.807, 2.05) is 20.8 Å². The van der Waals surface area contributed by atoms with Gasteiger partial charge in [0.15, 0.2) is 0 Å². The predicted molar refractivity (Wildman–Crippen MR) is 111 cm³/mol. The Morgan fingerprint density at radius 2 is 1.52 bits per heavy atom. The zero-order valence-electron chi connectivity index (χ0n) is 17.5. The molecule has 1 saturated heterocycles. The number of hydrogen-bond acceptors (Lipinski definition) is 1. The van der Waals surface area contributed by atoms with Crippen molar-refractivity contribution in [1.29, 1.82) is 0 Å². The largest absolute Gasteiger partial charge is 0.391 e. The molecular formula is C22H31F5NP. The molecule has 164 valence electrons. The van der Waals surface area contributed by atoms with Crippen LogP contribution in [0.1, 0.15) is 58.1 Å². The van der Waals surface area contributed by atoms with E-state index < -0.39 is 18.0 Å². The number of alkyl halides is 5. The molecular weight excluding hydrogens is 404 g/mol. The Bertz CT molecular complexity index is 691. The van der Waals surface area contributed by atoms with Gasteiger partial charge in [0.2, 0.25) is 0 Å². The van der Waals surface area contributed by atoms with E-state index in [4.69, 9.17) is 0 Å². The lowest BCUT2D eigenvalue weighted by molar-refractivity contribution is -0.185. The van der Waals surface area contributed by atoms with Crippen LogP contribution in [0.4, 0.5) is 22.0 Å². The molecule has 1 heterocycles. The van der Waals surface area contributed by atoms with Gasteiger partial charge in [-0.25, -0.2) is 8.78 Å². The van der Waals surface area contributed by atoms with E-state index in [1.165, 1.54) is 12.1 Å². The Kier molecular flexibility index (Phi) is 7.54. The van der Waals surface area contributed by atoms with Crippen LogP contribution in [0.5, 0.6) is 0 Å². The summed E-state index contributed by atoms with van der Waals surface area (Å²) in [6, 6.07) is 6.37. The van der Waals surface area contributed by atoms with Crippen LogP contribution in [0.2, 0.25) is 0 Å². The predicted octanol–water partition coefficient (Wildman–Crippen LogP) is 6.89.